The number of carbonyl (C=O) groups is 2. The van der Waals surface area contributed by atoms with Gasteiger partial charge in [-0.05, 0) is 24.3 Å². The minimum absolute atomic E-state index is 0.0413. The number of fused-ring (bicyclic) bond motifs is 1. The summed E-state index contributed by atoms with van der Waals surface area (Å²) in [5, 5.41) is 10.2. The summed E-state index contributed by atoms with van der Waals surface area (Å²) in [5.41, 5.74) is 2.40. The van der Waals surface area contributed by atoms with Crippen LogP contribution in [0, 0.1) is 0 Å². The van der Waals surface area contributed by atoms with Gasteiger partial charge in [0.2, 0.25) is 5.91 Å². The normalized spacial score (nSPS) is 12.5. The van der Waals surface area contributed by atoms with Gasteiger partial charge in [0, 0.05) is 36.3 Å². The van der Waals surface area contributed by atoms with Gasteiger partial charge in [0.25, 0.3) is 5.91 Å². The lowest BCUT2D eigenvalue weighted by Crippen LogP contribution is -2.31. The molecular weight excluding hydrogens is 368 g/mol. The summed E-state index contributed by atoms with van der Waals surface area (Å²) < 4.78 is 11.6. The molecule has 0 aliphatic carbocycles. The van der Waals surface area contributed by atoms with Crippen LogP contribution in [0.2, 0.25) is 0 Å². The van der Waals surface area contributed by atoms with Crippen LogP contribution in [0.15, 0.2) is 24.3 Å². The fourth-order valence-corrected chi connectivity index (χ4v) is 3.76. The Morgan fingerprint density at radius 2 is 2.00 bits per heavy atom. The molecule has 8 nitrogen and oxygen atoms in total. The van der Waals surface area contributed by atoms with Crippen LogP contribution in [0.4, 0.5) is 5.82 Å². The zero-order valence-electron chi connectivity index (χ0n) is 15.3. The summed E-state index contributed by atoms with van der Waals surface area (Å²) in [5.74, 6) is 2.37. The largest absolute Gasteiger partial charge is 0.497 e. The molecule has 2 heterocycles. The third kappa shape index (κ3) is 4.61. The second-order valence-corrected chi connectivity index (χ2v) is 6.94. The van der Waals surface area contributed by atoms with Crippen molar-refractivity contribution in [2.24, 2.45) is 0 Å². The zero-order chi connectivity index (χ0) is 19.2. The van der Waals surface area contributed by atoms with Gasteiger partial charge >= 0.3 is 0 Å². The van der Waals surface area contributed by atoms with Crippen LogP contribution in [0.1, 0.15) is 21.6 Å². The van der Waals surface area contributed by atoms with Crippen molar-refractivity contribution in [1.82, 2.24) is 15.1 Å². The number of methoxy groups -OCH3 is 2. The fourth-order valence-electron chi connectivity index (χ4n) is 2.73. The average molecular weight is 390 g/mol. The Morgan fingerprint density at radius 3 is 2.70 bits per heavy atom. The lowest BCUT2D eigenvalue weighted by molar-refractivity contribution is -0.122. The topological polar surface area (TPSA) is 94.5 Å². The molecule has 1 aromatic heterocycles. The van der Waals surface area contributed by atoms with Crippen LogP contribution in [-0.4, -0.2) is 49.0 Å². The van der Waals surface area contributed by atoms with Gasteiger partial charge in [-0.25, -0.2) is 4.68 Å². The Hall–Kier alpha value is -2.52. The van der Waals surface area contributed by atoms with Gasteiger partial charge < -0.3 is 20.1 Å². The minimum Gasteiger partial charge on any atom is -0.497 e. The van der Waals surface area contributed by atoms with Crippen LogP contribution < -0.4 is 15.4 Å². The molecule has 144 valence electrons. The van der Waals surface area contributed by atoms with Crippen molar-refractivity contribution in [3.8, 4) is 5.75 Å². The number of benzene rings is 1. The van der Waals surface area contributed by atoms with Crippen molar-refractivity contribution in [2.45, 2.75) is 18.1 Å². The van der Waals surface area contributed by atoms with E-state index in [1.807, 2.05) is 0 Å². The summed E-state index contributed by atoms with van der Waals surface area (Å²) >= 11 is 1.74. The first kappa shape index (κ1) is 19.2. The van der Waals surface area contributed by atoms with E-state index in [9.17, 15) is 9.59 Å². The predicted molar refractivity (Wildman–Crippen MR) is 103 cm³/mol. The van der Waals surface area contributed by atoms with E-state index in [2.05, 4.69) is 15.7 Å². The van der Waals surface area contributed by atoms with Gasteiger partial charge in [-0.2, -0.15) is 16.9 Å². The number of hydrogen-bond donors (Lipinski definition) is 2. The molecule has 1 aromatic carbocycles. The third-order valence-corrected chi connectivity index (χ3v) is 5.10. The Balaban J connectivity index is 1.75. The van der Waals surface area contributed by atoms with Gasteiger partial charge in [0.15, 0.2) is 0 Å². The lowest BCUT2D eigenvalue weighted by atomic mass is 10.2. The molecule has 9 heteroatoms. The van der Waals surface area contributed by atoms with E-state index in [1.54, 1.807) is 54.9 Å². The number of ether oxygens (including phenoxy) is 2. The van der Waals surface area contributed by atoms with Gasteiger partial charge in [-0.3, -0.25) is 9.59 Å². The average Bonchev–Trinajstić information content (AvgIpc) is 3.25. The highest BCUT2D eigenvalue weighted by molar-refractivity contribution is 7.98. The van der Waals surface area contributed by atoms with Crippen LogP contribution >= 0.6 is 11.8 Å². The van der Waals surface area contributed by atoms with Crippen molar-refractivity contribution >= 4 is 29.4 Å². The molecule has 1 aliphatic rings. The van der Waals surface area contributed by atoms with Crippen molar-refractivity contribution in [2.75, 3.05) is 32.7 Å². The molecule has 2 amide bonds. The molecule has 3 rings (SSSR count). The predicted octanol–water partition coefficient (Wildman–Crippen LogP) is 1.65. The van der Waals surface area contributed by atoms with E-state index in [-0.39, 0.29) is 18.4 Å². The number of hydrogen-bond acceptors (Lipinski definition) is 6. The van der Waals surface area contributed by atoms with E-state index < -0.39 is 0 Å². The third-order valence-electron chi connectivity index (χ3n) is 4.12. The first-order valence-corrected chi connectivity index (χ1v) is 9.65. The summed E-state index contributed by atoms with van der Waals surface area (Å²) in [6.45, 7) is 0.915. The van der Waals surface area contributed by atoms with Crippen LogP contribution in [-0.2, 0) is 27.6 Å². The summed E-state index contributed by atoms with van der Waals surface area (Å²) in [6.07, 6.45) is 0. The molecular formula is C18H22N4O4S. The van der Waals surface area contributed by atoms with Crippen molar-refractivity contribution in [3.05, 3.63) is 41.1 Å². The van der Waals surface area contributed by atoms with Crippen LogP contribution in [0.5, 0.6) is 5.75 Å². The molecule has 2 aromatic rings. The Kier molecular flexibility index (Phi) is 6.36. The zero-order valence-corrected chi connectivity index (χ0v) is 16.1. The summed E-state index contributed by atoms with van der Waals surface area (Å²) in [4.78, 5) is 24.8. The SMILES string of the molecule is COCCNC(=O)Cn1nc2c(c1NC(=O)c1ccc(OC)cc1)CSC2. The highest BCUT2D eigenvalue weighted by atomic mass is 32.2. The number of aromatic nitrogens is 2. The standard InChI is InChI=1S/C18H22N4O4S/c1-25-8-7-19-16(23)9-22-17(14-10-27-11-15(14)21-22)20-18(24)12-3-5-13(26-2)6-4-12/h3-6H,7-11H2,1-2H3,(H,19,23)(H,20,24). The highest BCUT2D eigenvalue weighted by Crippen LogP contribution is 2.34. The Labute approximate surface area is 161 Å². The number of rotatable bonds is 8. The van der Waals surface area contributed by atoms with Gasteiger partial charge in [0.1, 0.15) is 18.1 Å². The maximum atomic E-state index is 12.6. The molecule has 0 saturated heterocycles. The Morgan fingerprint density at radius 1 is 1.22 bits per heavy atom. The van der Waals surface area contributed by atoms with E-state index in [1.165, 1.54) is 0 Å². The fraction of sp³-hybridized carbons (Fsp3) is 0.389. The van der Waals surface area contributed by atoms with Crippen LogP contribution in [0.25, 0.3) is 0 Å². The summed E-state index contributed by atoms with van der Waals surface area (Å²) in [6, 6.07) is 6.86. The second-order valence-electron chi connectivity index (χ2n) is 5.95. The van der Waals surface area contributed by atoms with Gasteiger partial charge in [-0.1, -0.05) is 0 Å². The molecule has 0 radical (unpaired) electrons. The molecule has 2 N–H and O–H groups in total. The summed E-state index contributed by atoms with van der Waals surface area (Å²) in [7, 11) is 3.15. The molecule has 27 heavy (non-hydrogen) atoms. The lowest BCUT2D eigenvalue weighted by Gasteiger charge is -2.11. The molecule has 0 fully saturated rings. The van der Waals surface area contributed by atoms with Crippen molar-refractivity contribution in [1.29, 1.82) is 0 Å². The van der Waals surface area contributed by atoms with Crippen molar-refractivity contribution in [3.63, 3.8) is 0 Å². The molecule has 0 saturated carbocycles. The first-order chi connectivity index (χ1) is 13.1. The molecule has 0 atom stereocenters. The second kappa shape index (κ2) is 8.92. The number of nitrogens with one attached hydrogen (secondary N) is 2. The maximum Gasteiger partial charge on any atom is 0.256 e. The number of anilines is 1. The van der Waals surface area contributed by atoms with E-state index in [0.717, 1.165) is 22.8 Å². The Bertz CT molecular complexity index is 820. The highest BCUT2D eigenvalue weighted by Gasteiger charge is 2.25. The van der Waals surface area contributed by atoms with E-state index >= 15 is 0 Å². The van der Waals surface area contributed by atoms with Crippen LogP contribution in [0.3, 0.4) is 0 Å². The molecule has 0 bridgehead atoms. The van der Waals surface area contributed by atoms with Crippen molar-refractivity contribution < 1.29 is 19.1 Å². The van der Waals surface area contributed by atoms with E-state index in [0.29, 0.717) is 30.3 Å². The minimum atomic E-state index is -0.252. The maximum absolute atomic E-state index is 12.6. The molecule has 0 spiro atoms. The quantitative estimate of drug-likeness (QED) is 0.666. The first-order valence-electron chi connectivity index (χ1n) is 8.49. The molecule has 0 unspecified atom stereocenters. The number of carbonyl (C=O) groups excluding carboxylic acids is 2. The number of nitrogens with zero attached hydrogens (tertiary/aromatic N) is 2. The molecule has 1 aliphatic heterocycles. The smallest absolute Gasteiger partial charge is 0.256 e. The van der Waals surface area contributed by atoms with E-state index in [4.69, 9.17) is 9.47 Å². The number of amides is 2. The van der Waals surface area contributed by atoms with Gasteiger partial charge in [0.05, 0.1) is 19.4 Å². The van der Waals surface area contributed by atoms with Gasteiger partial charge in [-0.15, -0.1) is 0 Å². The monoisotopic (exact) mass is 390 g/mol. The number of thioether (sulfide) groups is 1.